The van der Waals surface area contributed by atoms with E-state index in [1.54, 1.807) is 6.20 Å². The number of aryl methyl sites for hydroxylation is 1. The molecule has 1 aromatic heterocycles. The van der Waals surface area contributed by atoms with E-state index in [-0.39, 0.29) is 6.10 Å². The van der Waals surface area contributed by atoms with Gasteiger partial charge in [-0.05, 0) is 20.4 Å². The predicted octanol–water partition coefficient (Wildman–Crippen LogP) is 1.31. The monoisotopic (exact) mass is 253 g/mol. The number of likely N-dealkylation sites (tertiary alicyclic amines) is 1. The van der Waals surface area contributed by atoms with Crippen LogP contribution in [0.2, 0.25) is 0 Å². The summed E-state index contributed by atoms with van der Waals surface area (Å²) < 4.78 is 0. The molecule has 0 bridgehead atoms. The van der Waals surface area contributed by atoms with Crippen molar-refractivity contribution in [3.8, 4) is 0 Å². The van der Waals surface area contributed by atoms with Crippen LogP contribution in [-0.2, 0) is 0 Å². The number of likely N-dealkylation sites (N-methyl/N-ethyl adjacent to an activating group) is 1. The number of rotatable bonds is 1. The summed E-state index contributed by atoms with van der Waals surface area (Å²) in [7, 11) is 2.02. The lowest BCUT2D eigenvalue weighted by Crippen LogP contribution is -2.15. The zero-order chi connectivity index (χ0) is 14.0. The van der Waals surface area contributed by atoms with E-state index in [1.807, 2.05) is 27.8 Å². The van der Waals surface area contributed by atoms with Crippen molar-refractivity contribution in [1.82, 2.24) is 14.9 Å². The van der Waals surface area contributed by atoms with Gasteiger partial charge in [-0.15, -0.1) is 0 Å². The highest BCUT2D eigenvalue weighted by Crippen LogP contribution is 2.03. The van der Waals surface area contributed by atoms with Crippen LogP contribution in [0.15, 0.2) is 12.4 Å². The van der Waals surface area contributed by atoms with Crippen molar-refractivity contribution in [2.24, 2.45) is 0 Å². The van der Waals surface area contributed by atoms with E-state index in [1.165, 1.54) is 6.20 Å². The second-order valence-corrected chi connectivity index (χ2v) is 3.91. The smallest absolute Gasteiger partial charge is 0.170 e. The van der Waals surface area contributed by atoms with Gasteiger partial charge in [-0.25, -0.2) is 4.98 Å². The summed E-state index contributed by atoms with van der Waals surface area (Å²) in [5.74, 6) is 0. The Morgan fingerprint density at radius 1 is 1.39 bits per heavy atom. The Morgan fingerprint density at radius 2 is 2.06 bits per heavy atom. The fraction of sp³-hybridized carbons (Fsp3) is 0.615. The van der Waals surface area contributed by atoms with Crippen LogP contribution in [0.5, 0.6) is 0 Å². The first-order valence-corrected chi connectivity index (χ1v) is 6.22. The minimum absolute atomic E-state index is 0.0509. The zero-order valence-electron chi connectivity index (χ0n) is 11.6. The maximum atomic E-state index is 10.0. The quantitative estimate of drug-likeness (QED) is 0.764. The zero-order valence-corrected chi connectivity index (χ0v) is 11.6. The van der Waals surface area contributed by atoms with Gasteiger partial charge in [0.1, 0.15) is 5.69 Å². The average Bonchev–Trinajstić information content (AvgIpc) is 2.77. The second-order valence-electron chi connectivity index (χ2n) is 3.91. The maximum Gasteiger partial charge on any atom is 0.170 e. The molecule has 1 aliphatic heterocycles. The number of β-amino-alcohol motifs (C(OH)–C–C–N with tert-alkyl or cyclic N) is 1. The molecule has 1 aromatic rings. The highest BCUT2D eigenvalue weighted by molar-refractivity contribution is 5.70. The van der Waals surface area contributed by atoms with Crippen LogP contribution >= 0.6 is 0 Å². The number of aromatic nitrogens is 2. The van der Waals surface area contributed by atoms with Crippen molar-refractivity contribution in [2.75, 3.05) is 20.1 Å². The number of carbonyl (C=O) groups excluding carboxylic acids is 1. The van der Waals surface area contributed by atoms with Crippen molar-refractivity contribution >= 4 is 6.29 Å². The number of hydrogen-bond donors (Lipinski definition) is 1. The Hall–Kier alpha value is -1.33. The fourth-order valence-electron chi connectivity index (χ4n) is 1.38. The Labute approximate surface area is 109 Å². The number of aldehydes is 1. The molecule has 2 rings (SSSR count). The lowest BCUT2D eigenvalue weighted by molar-refractivity contribution is 0.111. The number of aliphatic hydroxyl groups is 1. The molecule has 0 amide bonds. The molecule has 2 heterocycles. The molecule has 0 radical (unpaired) electrons. The van der Waals surface area contributed by atoms with Crippen molar-refractivity contribution in [3.63, 3.8) is 0 Å². The predicted molar refractivity (Wildman–Crippen MR) is 71.6 cm³/mol. The molecule has 0 aromatic carbocycles. The van der Waals surface area contributed by atoms with Gasteiger partial charge in [-0.2, -0.15) is 0 Å². The summed E-state index contributed by atoms with van der Waals surface area (Å²) in [6, 6.07) is 0. The normalized spacial score (nSPS) is 18.2. The number of aliphatic hydroxyl groups excluding tert-OH is 1. The van der Waals surface area contributed by atoms with E-state index < -0.39 is 0 Å². The lowest BCUT2D eigenvalue weighted by Gasteiger charge is -2.02. The first-order chi connectivity index (χ1) is 8.61. The molecule has 0 aliphatic carbocycles. The molecule has 18 heavy (non-hydrogen) atoms. The fourth-order valence-corrected chi connectivity index (χ4v) is 1.38. The first-order valence-electron chi connectivity index (χ1n) is 6.22. The van der Waals surface area contributed by atoms with Gasteiger partial charge in [0.2, 0.25) is 0 Å². The highest BCUT2D eigenvalue weighted by atomic mass is 16.3. The van der Waals surface area contributed by atoms with E-state index >= 15 is 0 Å². The Kier molecular flexibility index (Phi) is 8.96. The molecular weight excluding hydrogens is 230 g/mol. The van der Waals surface area contributed by atoms with E-state index in [0.717, 1.165) is 25.2 Å². The minimum Gasteiger partial charge on any atom is -0.392 e. The molecule has 1 fully saturated rings. The molecule has 5 nitrogen and oxygen atoms in total. The summed E-state index contributed by atoms with van der Waals surface area (Å²) >= 11 is 0. The van der Waals surface area contributed by atoms with Gasteiger partial charge >= 0.3 is 0 Å². The van der Waals surface area contributed by atoms with Gasteiger partial charge in [0.15, 0.2) is 6.29 Å². The van der Waals surface area contributed by atoms with Crippen LogP contribution in [0, 0.1) is 6.92 Å². The summed E-state index contributed by atoms with van der Waals surface area (Å²) in [6.45, 7) is 7.74. The van der Waals surface area contributed by atoms with Crippen molar-refractivity contribution in [2.45, 2.75) is 33.3 Å². The molecule has 5 heteroatoms. The highest BCUT2D eigenvalue weighted by Gasteiger charge is 2.15. The molecule has 1 saturated heterocycles. The van der Waals surface area contributed by atoms with Crippen LogP contribution in [0.3, 0.4) is 0 Å². The van der Waals surface area contributed by atoms with Gasteiger partial charge in [0.25, 0.3) is 0 Å². The minimum atomic E-state index is -0.0509. The maximum absolute atomic E-state index is 10.0. The Balaban J connectivity index is 0.000000289. The molecule has 0 unspecified atom stereocenters. The third-order valence-corrected chi connectivity index (χ3v) is 2.29. The molecule has 102 valence electrons. The summed E-state index contributed by atoms with van der Waals surface area (Å²) in [5, 5.41) is 8.86. The van der Waals surface area contributed by atoms with Crippen molar-refractivity contribution < 1.29 is 9.90 Å². The second kappa shape index (κ2) is 9.67. The molecule has 1 aliphatic rings. The number of hydrogen-bond acceptors (Lipinski definition) is 5. The van der Waals surface area contributed by atoms with Gasteiger partial charge in [0, 0.05) is 19.3 Å². The van der Waals surface area contributed by atoms with E-state index in [2.05, 4.69) is 14.9 Å². The molecule has 1 atom stereocenters. The van der Waals surface area contributed by atoms with Gasteiger partial charge in [-0.3, -0.25) is 9.78 Å². The number of nitrogens with zero attached hydrogens (tertiary/aromatic N) is 3. The van der Waals surface area contributed by atoms with Gasteiger partial charge in [0.05, 0.1) is 18.0 Å². The molecule has 1 N–H and O–H groups in total. The van der Waals surface area contributed by atoms with Gasteiger partial charge < -0.3 is 10.0 Å². The van der Waals surface area contributed by atoms with Crippen LogP contribution in [0.1, 0.15) is 36.5 Å². The van der Waals surface area contributed by atoms with E-state index in [0.29, 0.717) is 12.0 Å². The topological polar surface area (TPSA) is 66.3 Å². The van der Waals surface area contributed by atoms with Gasteiger partial charge in [-0.1, -0.05) is 13.8 Å². The summed E-state index contributed by atoms with van der Waals surface area (Å²) in [6.07, 6.45) is 4.58. The third-order valence-electron chi connectivity index (χ3n) is 2.29. The summed E-state index contributed by atoms with van der Waals surface area (Å²) in [5.41, 5.74) is 1.20. The summed E-state index contributed by atoms with van der Waals surface area (Å²) in [4.78, 5) is 19.8. The Morgan fingerprint density at radius 3 is 2.33 bits per heavy atom. The number of carbonyl (C=O) groups is 1. The van der Waals surface area contributed by atoms with E-state index in [9.17, 15) is 4.79 Å². The van der Waals surface area contributed by atoms with Crippen molar-refractivity contribution in [1.29, 1.82) is 0 Å². The van der Waals surface area contributed by atoms with Crippen LogP contribution in [-0.4, -0.2) is 52.5 Å². The average molecular weight is 253 g/mol. The van der Waals surface area contributed by atoms with Crippen LogP contribution < -0.4 is 0 Å². The third kappa shape index (κ3) is 7.09. The largest absolute Gasteiger partial charge is 0.392 e. The molecular formula is C13H23N3O2. The standard InChI is InChI=1S/C6H6N2O.C5H11NO.C2H6/c1-5-2-8-6(4-9)3-7-5;1-6-3-2-5(7)4-6;1-2/h2-4H,1H3;5,7H,2-4H2,1H3;1-2H3/t;5-;/m.1./s1. The molecule has 0 spiro atoms. The van der Waals surface area contributed by atoms with Crippen molar-refractivity contribution in [3.05, 3.63) is 23.8 Å². The lowest BCUT2D eigenvalue weighted by atomic mass is 10.3. The van der Waals surface area contributed by atoms with Crippen LogP contribution in [0.4, 0.5) is 0 Å². The SMILES string of the molecule is CC.CN1CC[C@@H](O)C1.Cc1cnc(C=O)cn1. The Bertz CT molecular complexity index is 320. The first kappa shape index (κ1) is 16.7. The molecule has 0 saturated carbocycles. The van der Waals surface area contributed by atoms with E-state index in [4.69, 9.17) is 5.11 Å². The van der Waals surface area contributed by atoms with Crippen LogP contribution in [0.25, 0.3) is 0 Å².